The maximum absolute atomic E-state index is 10.8. The van der Waals surface area contributed by atoms with E-state index in [2.05, 4.69) is 12.2 Å². The molecule has 1 amide bonds. The number of nitrogens with one attached hydrogen (secondary N) is 1. The van der Waals surface area contributed by atoms with Crippen LogP contribution in [0.25, 0.3) is 0 Å². The number of rotatable bonds is 4. The van der Waals surface area contributed by atoms with E-state index in [1.807, 2.05) is 0 Å². The van der Waals surface area contributed by atoms with Crippen molar-refractivity contribution in [1.29, 1.82) is 0 Å². The molecule has 0 aromatic carbocycles. The lowest BCUT2D eigenvalue weighted by Crippen LogP contribution is -2.38. The quantitative estimate of drug-likeness (QED) is 0.669. The molecule has 1 atom stereocenters. The van der Waals surface area contributed by atoms with Crippen molar-refractivity contribution in [3.63, 3.8) is 0 Å². The molecule has 0 saturated carbocycles. The number of amides is 1. The molecule has 0 rings (SSSR count). The molecule has 0 aromatic heterocycles. The minimum Gasteiger partial charge on any atom is -0.358 e. The van der Waals surface area contributed by atoms with Crippen molar-refractivity contribution in [3.05, 3.63) is 0 Å². The third-order valence-electron chi connectivity index (χ3n) is 1.45. The predicted molar refractivity (Wildman–Crippen MR) is 48.8 cm³/mol. The molecule has 0 radical (unpaired) electrons. The zero-order valence-corrected chi connectivity index (χ0v) is 7.91. The SMILES string of the molecule is CCCC[C@H](N)C(=O)NC.Cl. The smallest absolute Gasteiger partial charge is 0.236 e. The summed E-state index contributed by atoms with van der Waals surface area (Å²) in [6.07, 6.45) is 2.90. The number of halogens is 1. The fourth-order valence-electron chi connectivity index (χ4n) is 0.741. The van der Waals surface area contributed by atoms with Gasteiger partial charge in [0.05, 0.1) is 6.04 Å². The van der Waals surface area contributed by atoms with Crippen LogP contribution in [0, 0.1) is 0 Å². The van der Waals surface area contributed by atoms with Crippen molar-refractivity contribution < 1.29 is 4.79 Å². The Hall–Kier alpha value is -0.280. The first-order valence-electron chi connectivity index (χ1n) is 3.69. The average molecular weight is 181 g/mol. The van der Waals surface area contributed by atoms with Gasteiger partial charge < -0.3 is 11.1 Å². The molecular weight excluding hydrogens is 164 g/mol. The lowest BCUT2D eigenvalue weighted by molar-refractivity contribution is -0.122. The zero-order valence-electron chi connectivity index (χ0n) is 7.09. The van der Waals surface area contributed by atoms with E-state index < -0.39 is 0 Å². The minimum absolute atomic E-state index is 0. The first kappa shape index (κ1) is 13.3. The van der Waals surface area contributed by atoms with Crippen molar-refractivity contribution >= 4 is 18.3 Å². The number of hydrogen-bond acceptors (Lipinski definition) is 2. The number of carbonyl (C=O) groups excluding carboxylic acids is 1. The van der Waals surface area contributed by atoms with Gasteiger partial charge in [-0.3, -0.25) is 4.79 Å². The van der Waals surface area contributed by atoms with Crippen molar-refractivity contribution in [2.45, 2.75) is 32.2 Å². The maximum Gasteiger partial charge on any atom is 0.236 e. The van der Waals surface area contributed by atoms with Crippen LogP contribution in [-0.4, -0.2) is 19.0 Å². The van der Waals surface area contributed by atoms with Crippen molar-refractivity contribution in [2.75, 3.05) is 7.05 Å². The van der Waals surface area contributed by atoms with Gasteiger partial charge in [0.15, 0.2) is 0 Å². The Morgan fingerprint density at radius 2 is 2.18 bits per heavy atom. The van der Waals surface area contributed by atoms with Crippen LogP contribution in [0.4, 0.5) is 0 Å². The van der Waals surface area contributed by atoms with E-state index in [1.54, 1.807) is 7.05 Å². The summed E-state index contributed by atoms with van der Waals surface area (Å²) in [5.41, 5.74) is 5.50. The molecule has 3 nitrogen and oxygen atoms in total. The molecule has 0 fully saturated rings. The lowest BCUT2D eigenvalue weighted by Gasteiger charge is -2.07. The van der Waals surface area contributed by atoms with Gasteiger partial charge in [0, 0.05) is 7.05 Å². The molecule has 0 bridgehead atoms. The normalized spacial score (nSPS) is 11.5. The van der Waals surface area contributed by atoms with Crippen molar-refractivity contribution in [3.8, 4) is 0 Å². The molecule has 0 unspecified atom stereocenters. The molecule has 4 heteroatoms. The number of nitrogens with two attached hydrogens (primary N) is 1. The number of likely N-dealkylation sites (N-methyl/N-ethyl adjacent to an activating group) is 1. The molecular formula is C7H17ClN2O. The van der Waals surface area contributed by atoms with E-state index in [-0.39, 0.29) is 24.4 Å². The molecule has 0 aromatic rings. The molecule has 0 aliphatic carbocycles. The third kappa shape index (κ3) is 6.13. The Kier molecular flexibility index (Phi) is 9.47. The second-order valence-corrected chi connectivity index (χ2v) is 2.36. The van der Waals surface area contributed by atoms with Crippen LogP contribution in [0.2, 0.25) is 0 Å². The summed E-state index contributed by atoms with van der Waals surface area (Å²) in [4.78, 5) is 10.8. The fraction of sp³-hybridized carbons (Fsp3) is 0.857. The molecule has 0 aliphatic heterocycles. The second-order valence-electron chi connectivity index (χ2n) is 2.36. The summed E-state index contributed by atoms with van der Waals surface area (Å²) in [5, 5.41) is 2.51. The van der Waals surface area contributed by atoms with Gasteiger partial charge in [-0.2, -0.15) is 0 Å². The van der Waals surface area contributed by atoms with Crippen LogP contribution in [0.5, 0.6) is 0 Å². The van der Waals surface area contributed by atoms with Gasteiger partial charge in [-0.15, -0.1) is 12.4 Å². The predicted octanol–water partition coefficient (Wildman–Crippen LogP) is 0.672. The number of unbranched alkanes of at least 4 members (excludes halogenated alkanes) is 1. The van der Waals surface area contributed by atoms with Gasteiger partial charge in [0.25, 0.3) is 0 Å². The van der Waals surface area contributed by atoms with Gasteiger partial charge in [0.1, 0.15) is 0 Å². The summed E-state index contributed by atoms with van der Waals surface area (Å²) in [7, 11) is 1.61. The number of hydrogen-bond donors (Lipinski definition) is 2. The Morgan fingerprint density at radius 3 is 2.55 bits per heavy atom. The summed E-state index contributed by atoms with van der Waals surface area (Å²) >= 11 is 0. The topological polar surface area (TPSA) is 55.1 Å². The summed E-state index contributed by atoms with van der Waals surface area (Å²) in [6.45, 7) is 2.08. The first-order valence-corrected chi connectivity index (χ1v) is 3.69. The summed E-state index contributed by atoms with van der Waals surface area (Å²) in [6, 6.07) is -0.315. The van der Waals surface area contributed by atoms with Crippen LogP contribution in [0.15, 0.2) is 0 Å². The highest BCUT2D eigenvalue weighted by atomic mass is 35.5. The van der Waals surface area contributed by atoms with Gasteiger partial charge in [-0.1, -0.05) is 19.8 Å². The zero-order chi connectivity index (χ0) is 7.98. The average Bonchev–Trinajstić information content (AvgIpc) is 1.98. The standard InChI is InChI=1S/C7H16N2O.ClH/c1-3-4-5-6(8)7(10)9-2;/h6H,3-5,8H2,1-2H3,(H,9,10);1H/t6-;/m0./s1. The van der Waals surface area contributed by atoms with Crippen LogP contribution in [0.3, 0.4) is 0 Å². The second kappa shape index (κ2) is 7.82. The first-order chi connectivity index (χ1) is 4.72. The van der Waals surface area contributed by atoms with E-state index in [4.69, 9.17) is 5.73 Å². The molecule has 11 heavy (non-hydrogen) atoms. The Labute approximate surface area is 74.1 Å². The molecule has 0 aliphatic rings. The Bertz CT molecular complexity index is 109. The van der Waals surface area contributed by atoms with Crippen LogP contribution < -0.4 is 11.1 Å². The summed E-state index contributed by atoms with van der Waals surface area (Å²) < 4.78 is 0. The highest BCUT2D eigenvalue weighted by molar-refractivity contribution is 5.85. The summed E-state index contributed by atoms with van der Waals surface area (Å²) in [5.74, 6) is -0.0616. The van der Waals surface area contributed by atoms with Crippen LogP contribution >= 0.6 is 12.4 Å². The van der Waals surface area contributed by atoms with Gasteiger partial charge in [-0.05, 0) is 6.42 Å². The molecule has 0 heterocycles. The monoisotopic (exact) mass is 180 g/mol. The molecule has 68 valence electrons. The fourth-order valence-corrected chi connectivity index (χ4v) is 0.741. The molecule has 0 saturated heterocycles. The van der Waals surface area contributed by atoms with Crippen molar-refractivity contribution in [1.82, 2.24) is 5.32 Å². The highest BCUT2D eigenvalue weighted by Crippen LogP contribution is 1.97. The lowest BCUT2D eigenvalue weighted by atomic mass is 10.1. The van der Waals surface area contributed by atoms with E-state index in [9.17, 15) is 4.79 Å². The minimum atomic E-state index is -0.315. The van der Waals surface area contributed by atoms with E-state index in [0.717, 1.165) is 19.3 Å². The van der Waals surface area contributed by atoms with Gasteiger partial charge in [-0.25, -0.2) is 0 Å². The van der Waals surface area contributed by atoms with Gasteiger partial charge in [0.2, 0.25) is 5.91 Å². The van der Waals surface area contributed by atoms with Crippen LogP contribution in [0.1, 0.15) is 26.2 Å². The van der Waals surface area contributed by atoms with E-state index in [1.165, 1.54) is 0 Å². The molecule has 3 N–H and O–H groups in total. The Morgan fingerprint density at radius 1 is 1.64 bits per heavy atom. The van der Waals surface area contributed by atoms with Gasteiger partial charge >= 0.3 is 0 Å². The van der Waals surface area contributed by atoms with E-state index >= 15 is 0 Å². The third-order valence-corrected chi connectivity index (χ3v) is 1.45. The Balaban J connectivity index is 0. The molecule has 0 spiro atoms. The largest absolute Gasteiger partial charge is 0.358 e. The number of carbonyl (C=O) groups is 1. The maximum atomic E-state index is 10.8. The van der Waals surface area contributed by atoms with Crippen LogP contribution in [-0.2, 0) is 4.79 Å². The van der Waals surface area contributed by atoms with E-state index in [0.29, 0.717) is 0 Å². The van der Waals surface area contributed by atoms with Crippen molar-refractivity contribution in [2.24, 2.45) is 5.73 Å². The highest BCUT2D eigenvalue weighted by Gasteiger charge is 2.08.